The van der Waals surface area contributed by atoms with Gasteiger partial charge in [0.15, 0.2) is 0 Å². The molecule has 0 spiro atoms. The number of unbranched alkanes of at least 4 members (excludes halogenated alkanes) is 11. The Bertz CT molecular complexity index is 344. The fourth-order valence-corrected chi connectivity index (χ4v) is 3.65. The largest absolute Gasteiger partial charge is 0.381 e. The van der Waals surface area contributed by atoms with Crippen LogP contribution in [-0.4, -0.2) is 26.3 Å². The molecular formula is C25H47NO. The van der Waals surface area contributed by atoms with E-state index in [-0.39, 0.29) is 0 Å². The number of allylic oxidation sites excluding steroid dienone is 4. The standard InChI is InChI=1S/C25H47NO/c1-2-3-4-5-6-7-8-9-10-11-12-13-14-15-16-17-18-19-22-27-24-25-20-21-26-23-25/h6-7,9-10,25-26H,2-5,8,11-24H2,1H3/b7-6-,10-9-. The van der Waals surface area contributed by atoms with Crippen LogP contribution in [-0.2, 0) is 4.74 Å². The average molecular weight is 378 g/mol. The predicted molar refractivity (Wildman–Crippen MR) is 120 cm³/mol. The molecule has 1 aliphatic heterocycles. The van der Waals surface area contributed by atoms with Gasteiger partial charge in [0.1, 0.15) is 0 Å². The summed E-state index contributed by atoms with van der Waals surface area (Å²) in [5.74, 6) is 0.770. The zero-order valence-corrected chi connectivity index (χ0v) is 18.2. The van der Waals surface area contributed by atoms with Crippen LogP contribution >= 0.6 is 0 Å². The van der Waals surface area contributed by atoms with Crippen molar-refractivity contribution in [2.75, 3.05) is 26.3 Å². The van der Waals surface area contributed by atoms with Crippen LogP contribution in [0.25, 0.3) is 0 Å². The molecule has 1 atom stereocenters. The van der Waals surface area contributed by atoms with Crippen molar-refractivity contribution in [3.63, 3.8) is 0 Å². The topological polar surface area (TPSA) is 21.3 Å². The van der Waals surface area contributed by atoms with E-state index < -0.39 is 0 Å². The van der Waals surface area contributed by atoms with Crippen LogP contribution in [0.2, 0.25) is 0 Å². The monoisotopic (exact) mass is 377 g/mol. The molecule has 0 saturated carbocycles. The molecule has 0 amide bonds. The van der Waals surface area contributed by atoms with Crippen molar-refractivity contribution < 1.29 is 4.74 Å². The van der Waals surface area contributed by atoms with Gasteiger partial charge in [-0.2, -0.15) is 0 Å². The van der Waals surface area contributed by atoms with E-state index in [0.29, 0.717) is 0 Å². The van der Waals surface area contributed by atoms with Crippen molar-refractivity contribution in [3.8, 4) is 0 Å². The van der Waals surface area contributed by atoms with Crippen molar-refractivity contribution in [2.24, 2.45) is 5.92 Å². The molecule has 1 saturated heterocycles. The highest BCUT2D eigenvalue weighted by atomic mass is 16.5. The summed E-state index contributed by atoms with van der Waals surface area (Å²) < 4.78 is 5.80. The summed E-state index contributed by atoms with van der Waals surface area (Å²) in [7, 11) is 0. The van der Waals surface area contributed by atoms with Crippen molar-refractivity contribution >= 4 is 0 Å². The van der Waals surface area contributed by atoms with E-state index in [9.17, 15) is 0 Å². The van der Waals surface area contributed by atoms with Crippen LogP contribution in [0.3, 0.4) is 0 Å². The summed E-state index contributed by atoms with van der Waals surface area (Å²) in [6, 6.07) is 0. The van der Waals surface area contributed by atoms with E-state index in [1.165, 1.54) is 96.4 Å². The molecule has 0 aromatic carbocycles. The highest BCUT2D eigenvalue weighted by molar-refractivity contribution is 4.92. The molecule has 0 aliphatic carbocycles. The second-order valence-electron chi connectivity index (χ2n) is 8.23. The summed E-state index contributed by atoms with van der Waals surface area (Å²) in [4.78, 5) is 0. The number of ether oxygens (including phenoxy) is 1. The van der Waals surface area contributed by atoms with E-state index in [1.54, 1.807) is 0 Å². The lowest BCUT2D eigenvalue weighted by Crippen LogP contribution is -2.14. The van der Waals surface area contributed by atoms with Crippen LogP contribution in [0.15, 0.2) is 24.3 Å². The molecule has 1 fully saturated rings. The summed E-state index contributed by atoms with van der Waals surface area (Å²) in [5.41, 5.74) is 0. The zero-order chi connectivity index (χ0) is 19.3. The van der Waals surface area contributed by atoms with Gasteiger partial charge in [0.05, 0.1) is 6.61 Å². The quantitative estimate of drug-likeness (QED) is 0.190. The molecule has 0 aromatic heterocycles. The first-order chi connectivity index (χ1) is 13.4. The Morgan fingerprint density at radius 2 is 1.41 bits per heavy atom. The SMILES string of the molecule is CCCCC/C=C\C/C=C\CCCCCCCCCCOCC1CCNC1. The Hall–Kier alpha value is -0.600. The van der Waals surface area contributed by atoms with E-state index in [4.69, 9.17) is 4.74 Å². The lowest BCUT2D eigenvalue weighted by Gasteiger charge is -2.09. The van der Waals surface area contributed by atoms with Crippen LogP contribution in [0.4, 0.5) is 0 Å². The molecule has 1 aliphatic rings. The van der Waals surface area contributed by atoms with Gasteiger partial charge in [0, 0.05) is 13.2 Å². The Morgan fingerprint density at radius 1 is 0.778 bits per heavy atom. The molecule has 0 aromatic rings. The minimum atomic E-state index is 0.770. The van der Waals surface area contributed by atoms with Crippen LogP contribution < -0.4 is 5.32 Å². The third kappa shape index (κ3) is 17.2. The lowest BCUT2D eigenvalue weighted by molar-refractivity contribution is 0.101. The predicted octanol–water partition coefficient (Wildman–Crippen LogP) is 7.21. The van der Waals surface area contributed by atoms with Crippen molar-refractivity contribution in [1.82, 2.24) is 5.32 Å². The molecule has 0 radical (unpaired) electrons. The summed E-state index contributed by atoms with van der Waals surface area (Å²) in [6.07, 6.45) is 29.3. The van der Waals surface area contributed by atoms with E-state index >= 15 is 0 Å². The summed E-state index contributed by atoms with van der Waals surface area (Å²) in [5, 5.41) is 3.40. The van der Waals surface area contributed by atoms with Crippen molar-refractivity contribution in [1.29, 1.82) is 0 Å². The maximum Gasteiger partial charge on any atom is 0.0506 e. The van der Waals surface area contributed by atoms with Gasteiger partial charge in [-0.15, -0.1) is 0 Å². The molecular weight excluding hydrogens is 330 g/mol. The van der Waals surface area contributed by atoms with Gasteiger partial charge in [0.25, 0.3) is 0 Å². The first kappa shape index (κ1) is 24.4. The van der Waals surface area contributed by atoms with Gasteiger partial charge in [0.2, 0.25) is 0 Å². The Morgan fingerprint density at radius 3 is 2.04 bits per heavy atom. The van der Waals surface area contributed by atoms with E-state index in [1.807, 2.05) is 0 Å². The Labute approximate surface area is 170 Å². The zero-order valence-electron chi connectivity index (χ0n) is 18.2. The van der Waals surface area contributed by atoms with Crippen molar-refractivity contribution in [3.05, 3.63) is 24.3 Å². The molecule has 1 rings (SSSR count). The number of hydrogen-bond acceptors (Lipinski definition) is 2. The number of nitrogens with one attached hydrogen (secondary N) is 1. The van der Waals surface area contributed by atoms with Gasteiger partial charge in [-0.05, 0) is 57.4 Å². The van der Waals surface area contributed by atoms with E-state index in [2.05, 4.69) is 36.5 Å². The maximum atomic E-state index is 5.80. The Kier molecular flexibility index (Phi) is 18.2. The summed E-state index contributed by atoms with van der Waals surface area (Å²) >= 11 is 0. The number of rotatable bonds is 19. The molecule has 1 N–H and O–H groups in total. The number of hydrogen-bond donors (Lipinski definition) is 1. The van der Waals surface area contributed by atoms with Crippen LogP contribution in [0.5, 0.6) is 0 Å². The summed E-state index contributed by atoms with van der Waals surface area (Å²) in [6.45, 7) is 6.54. The first-order valence-corrected chi connectivity index (χ1v) is 12.0. The van der Waals surface area contributed by atoms with Gasteiger partial charge in [-0.3, -0.25) is 0 Å². The molecule has 1 heterocycles. The molecule has 158 valence electrons. The maximum absolute atomic E-state index is 5.80. The average Bonchev–Trinajstić information content (AvgIpc) is 3.20. The van der Waals surface area contributed by atoms with Gasteiger partial charge in [-0.1, -0.05) is 82.6 Å². The molecule has 27 heavy (non-hydrogen) atoms. The minimum absolute atomic E-state index is 0.770. The third-order valence-electron chi connectivity index (χ3n) is 5.51. The first-order valence-electron chi connectivity index (χ1n) is 12.0. The van der Waals surface area contributed by atoms with E-state index in [0.717, 1.165) is 32.1 Å². The smallest absolute Gasteiger partial charge is 0.0506 e. The highest BCUT2D eigenvalue weighted by Crippen LogP contribution is 2.11. The highest BCUT2D eigenvalue weighted by Gasteiger charge is 2.13. The fourth-order valence-electron chi connectivity index (χ4n) is 3.65. The second kappa shape index (κ2) is 20.1. The van der Waals surface area contributed by atoms with Gasteiger partial charge < -0.3 is 10.1 Å². The van der Waals surface area contributed by atoms with Gasteiger partial charge >= 0.3 is 0 Å². The van der Waals surface area contributed by atoms with Crippen LogP contribution in [0, 0.1) is 5.92 Å². The van der Waals surface area contributed by atoms with Gasteiger partial charge in [-0.25, -0.2) is 0 Å². The van der Waals surface area contributed by atoms with Crippen molar-refractivity contribution in [2.45, 2.75) is 103 Å². The second-order valence-corrected chi connectivity index (χ2v) is 8.23. The molecule has 2 nitrogen and oxygen atoms in total. The molecule has 1 unspecified atom stereocenters. The third-order valence-corrected chi connectivity index (χ3v) is 5.51. The normalized spacial score (nSPS) is 17.6. The Balaban J connectivity index is 1.69. The molecule has 0 bridgehead atoms. The fraction of sp³-hybridized carbons (Fsp3) is 0.840. The lowest BCUT2D eigenvalue weighted by atomic mass is 10.1. The minimum Gasteiger partial charge on any atom is -0.381 e. The molecule has 2 heteroatoms. The van der Waals surface area contributed by atoms with Crippen LogP contribution in [0.1, 0.15) is 103 Å².